The lowest BCUT2D eigenvalue weighted by molar-refractivity contribution is 0.500. The van der Waals surface area contributed by atoms with Crippen LogP contribution in [0.2, 0.25) is 0 Å². The molecule has 1 rings (SSSR count). The first-order valence-corrected chi connectivity index (χ1v) is 7.68. The molecule has 0 aliphatic rings. The molecule has 0 unspecified atom stereocenters. The molecule has 0 radical (unpaired) electrons. The smallest absolute Gasteiger partial charge is 0.244 e. The highest BCUT2D eigenvalue weighted by atomic mass is 32.2. The topological polar surface area (TPSA) is 49.4 Å². The summed E-state index contributed by atoms with van der Waals surface area (Å²) in [6.07, 6.45) is 5.13. The highest BCUT2D eigenvalue weighted by molar-refractivity contribution is 7.89. The lowest BCUT2D eigenvalue weighted by Crippen LogP contribution is -2.28. The molecule has 20 heavy (non-hydrogen) atoms. The molecule has 0 spiro atoms. The Morgan fingerprint density at radius 2 is 2.10 bits per heavy atom. The van der Waals surface area contributed by atoms with Crippen molar-refractivity contribution in [1.29, 1.82) is 0 Å². The Labute approximate surface area is 120 Å². The summed E-state index contributed by atoms with van der Waals surface area (Å²) < 4.78 is 39.7. The summed E-state index contributed by atoms with van der Waals surface area (Å²) in [5, 5.41) is 3.04. The van der Waals surface area contributed by atoms with Gasteiger partial charge in [0.05, 0.1) is 11.4 Å². The Kier molecular flexibility index (Phi) is 5.69. The Hall–Kier alpha value is -1.42. The van der Waals surface area contributed by atoms with E-state index in [2.05, 4.69) is 11.2 Å². The monoisotopic (exact) mass is 298 g/mol. The van der Waals surface area contributed by atoms with Gasteiger partial charge < -0.3 is 5.32 Å². The molecule has 1 aromatic carbocycles. The second-order valence-electron chi connectivity index (χ2n) is 4.45. The molecular weight excluding hydrogens is 279 g/mol. The minimum Gasteiger partial charge on any atom is -0.313 e. The van der Waals surface area contributed by atoms with Crippen molar-refractivity contribution in [2.24, 2.45) is 0 Å². The molecule has 0 amide bonds. The average molecular weight is 298 g/mol. The highest BCUT2D eigenvalue weighted by Gasteiger charge is 2.24. The predicted octanol–water partition coefficient (Wildman–Crippen LogP) is 1.50. The molecule has 0 saturated carbocycles. The van der Waals surface area contributed by atoms with Gasteiger partial charge in [-0.3, -0.25) is 0 Å². The van der Waals surface area contributed by atoms with E-state index in [1.165, 1.54) is 26.1 Å². The number of terminal acetylenes is 1. The third kappa shape index (κ3) is 3.57. The van der Waals surface area contributed by atoms with Crippen molar-refractivity contribution in [2.75, 3.05) is 20.1 Å². The molecule has 0 bridgehead atoms. The largest absolute Gasteiger partial charge is 0.313 e. The van der Waals surface area contributed by atoms with Gasteiger partial charge >= 0.3 is 0 Å². The molecule has 0 heterocycles. The highest BCUT2D eigenvalue weighted by Crippen LogP contribution is 2.23. The molecule has 1 aromatic rings. The standard InChI is InChI=1S/C14H19FN2O2S/c1-5-7-17(4)20(18,19)14-9-12(10-16-6-2)8-13(15)11(14)3/h1,8-9,16H,6-7,10H2,2-4H3. The molecule has 0 atom stereocenters. The van der Waals surface area contributed by atoms with Gasteiger partial charge in [0, 0.05) is 19.2 Å². The van der Waals surface area contributed by atoms with E-state index in [-0.39, 0.29) is 17.0 Å². The van der Waals surface area contributed by atoms with Crippen LogP contribution in [0.25, 0.3) is 0 Å². The van der Waals surface area contributed by atoms with Crippen LogP contribution in [-0.4, -0.2) is 32.9 Å². The summed E-state index contributed by atoms with van der Waals surface area (Å²) in [5.74, 6) is 1.73. The number of sulfonamides is 1. The van der Waals surface area contributed by atoms with E-state index >= 15 is 0 Å². The zero-order valence-corrected chi connectivity index (χ0v) is 12.7. The number of nitrogens with one attached hydrogen (secondary N) is 1. The number of halogens is 1. The van der Waals surface area contributed by atoms with Crippen LogP contribution >= 0.6 is 0 Å². The van der Waals surface area contributed by atoms with E-state index in [4.69, 9.17) is 6.42 Å². The molecule has 110 valence electrons. The van der Waals surface area contributed by atoms with Crippen molar-refractivity contribution in [3.63, 3.8) is 0 Å². The zero-order valence-electron chi connectivity index (χ0n) is 11.9. The van der Waals surface area contributed by atoms with E-state index in [9.17, 15) is 12.8 Å². The first kappa shape index (κ1) is 16.6. The van der Waals surface area contributed by atoms with Crippen molar-refractivity contribution in [2.45, 2.75) is 25.3 Å². The summed E-state index contributed by atoms with van der Waals surface area (Å²) >= 11 is 0. The van der Waals surface area contributed by atoms with Crippen LogP contribution < -0.4 is 5.32 Å². The fraction of sp³-hybridized carbons (Fsp3) is 0.429. The van der Waals surface area contributed by atoms with Gasteiger partial charge in [0.2, 0.25) is 10.0 Å². The quantitative estimate of drug-likeness (QED) is 0.810. The van der Waals surface area contributed by atoms with Crippen molar-refractivity contribution < 1.29 is 12.8 Å². The van der Waals surface area contributed by atoms with E-state index < -0.39 is 15.8 Å². The molecule has 0 aliphatic heterocycles. The summed E-state index contributed by atoms with van der Waals surface area (Å²) in [6.45, 7) is 4.44. The van der Waals surface area contributed by atoms with Crippen molar-refractivity contribution in [3.8, 4) is 12.3 Å². The minimum atomic E-state index is -3.78. The molecule has 0 fully saturated rings. The number of benzene rings is 1. The first-order chi connectivity index (χ1) is 9.34. The van der Waals surface area contributed by atoms with Crippen molar-refractivity contribution >= 4 is 10.0 Å². The van der Waals surface area contributed by atoms with Gasteiger partial charge in [-0.05, 0) is 31.2 Å². The van der Waals surface area contributed by atoms with Crippen molar-refractivity contribution in [1.82, 2.24) is 9.62 Å². The lowest BCUT2D eigenvalue weighted by atomic mass is 10.1. The van der Waals surface area contributed by atoms with Crippen LogP contribution in [0.5, 0.6) is 0 Å². The molecule has 1 N–H and O–H groups in total. The van der Waals surface area contributed by atoms with Gasteiger partial charge in [0.1, 0.15) is 5.82 Å². The summed E-state index contributed by atoms with van der Waals surface area (Å²) in [6, 6.07) is 2.83. The maximum Gasteiger partial charge on any atom is 0.244 e. The Bertz CT molecular complexity index is 621. The molecule has 0 aliphatic carbocycles. The van der Waals surface area contributed by atoms with E-state index in [0.29, 0.717) is 18.7 Å². The summed E-state index contributed by atoms with van der Waals surface area (Å²) in [4.78, 5) is -0.0387. The summed E-state index contributed by atoms with van der Waals surface area (Å²) in [5.41, 5.74) is 0.691. The van der Waals surface area contributed by atoms with E-state index in [1.807, 2.05) is 6.92 Å². The number of hydrogen-bond acceptors (Lipinski definition) is 3. The zero-order chi connectivity index (χ0) is 15.3. The normalized spacial score (nSPS) is 11.6. The van der Waals surface area contributed by atoms with Crippen LogP contribution in [0, 0.1) is 25.1 Å². The Morgan fingerprint density at radius 1 is 1.45 bits per heavy atom. The van der Waals surface area contributed by atoms with E-state index in [0.717, 1.165) is 4.31 Å². The maximum absolute atomic E-state index is 13.9. The van der Waals surface area contributed by atoms with Crippen LogP contribution in [-0.2, 0) is 16.6 Å². The third-order valence-corrected chi connectivity index (χ3v) is 4.87. The molecular formula is C14H19FN2O2S. The number of nitrogens with zero attached hydrogens (tertiary/aromatic N) is 1. The first-order valence-electron chi connectivity index (χ1n) is 6.24. The maximum atomic E-state index is 13.9. The molecule has 4 nitrogen and oxygen atoms in total. The fourth-order valence-electron chi connectivity index (χ4n) is 1.73. The fourth-order valence-corrected chi connectivity index (χ4v) is 3.09. The average Bonchev–Trinajstić information content (AvgIpc) is 2.39. The minimum absolute atomic E-state index is 0.0387. The van der Waals surface area contributed by atoms with Crippen LogP contribution in [0.3, 0.4) is 0 Å². The van der Waals surface area contributed by atoms with Gasteiger partial charge in [0.15, 0.2) is 0 Å². The van der Waals surface area contributed by atoms with Gasteiger partial charge in [0.25, 0.3) is 0 Å². The molecule has 0 saturated heterocycles. The molecule has 0 aromatic heterocycles. The van der Waals surface area contributed by atoms with Gasteiger partial charge in [-0.25, -0.2) is 12.8 Å². The second-order valence-corrected chi connectivity index (χ2v) is 6.46. The van der Waals surface area contributed by atoms with E-state index in [1.54, 1.807) is 0 Å². The second kappa shape index (κ2) is 6.84. The van der Waals surface area contributed by atoms with Gasteiger partial charge in [-0.2, -0.15) is 4.31 Å². The van der Waals surface area contributed by atoms with Crippen LogP contribution in [0.4, 0.5) is 4.39 Å². The Morgan fingerprint density at radius 3 is 2.65 bits per heavy atom. The summed E-state index contributed by atoms with van der Waals surface area (Å²) in [7, 11) is -2.40. The Balaban J connectivity index is 3.29. The number of rotatable bonds is 6. The van der Waals surface area contributed by atoms with Crippen molar-refractivity contribution in [3.05, 3.63) is 29.1 Å². The lowest BCUT2D eigenvalue weighted by Gasteiger charge is -2.17. The van der Waals surface area contributed by atoms with Gasteiger partial charge in [-0.1, -0.05) is 12.8 Å². The SMILES string of the molecule is C#CCN(C)S(=O)(=O)c1cc(CNCC)cc(F)c1C. The molecule has 6 heteroatoms. The van der Waals surface area contributed by atoms with Crippen LogP contribution in [0.1, 0.15) is 18.1 Å². The van der Waals surface area contributed by atoms with Crippen LogP contribution in [0.15, 0.2) is 17.0 Å². The predicted molar refractivity (Wildman–Crippen MR) is 77.2 cm³/mol. The number of hydrogen-bond donors (Lipinski definition) is 1. The van der Waals surface area contributed by atoms with Gasteiger partial charge in [-0.15, -0.1) is 6.42 Å². The third-order valence-electron chi connectivity index (χ3n) is 2.94.